The summed E-state index contributed by atoms with van der Waals surface area (Å²) in [6, 6.07) is 9.94. The van der Waals surface area contributed by atoms with Crippen LogP contribution < -0.4 is 10.1 Å². The molecule has 0 fully saturated rings. The van der Waals surface area contributed by atoms with E-state index in [0.717, 1.165) is 30.2 Å². The first-order valence-corrected chi connectivity index (χ1v) is 6.22. The number of anilines is 1. The van der Waals surface area contributed by atoms with Crippen molar-refractivity contribution in [3.63, 3.8) is 0 Å². The number of hydrogen-bond donors (Lipinski definition) is 1. The minimum Gasteiger partial charge on any atom is -0.491 e. The van der Waals surface area contributed by atoms with Gasteiger partial charge in [0.15, 0.2) is 0 Å². The minimum atomic E-state index is 0.520. The predicted octanol–water partition coefficient (Wildman–Crippen LogP) is 3.93. The van der Waals surface area contributed by atoms with Crippen molar-refractivity contribution < 1.29 is 9.15 Å². The van der Waals surface area contributed by atoms with Gasteiger partial charge in [0.25, 0.3) is 0 Å². The fraction of sp³-hybridized carbons (Fsp3) is 0.333. The number of benzene rings is 1. The van der Waals surface area contributed by atoms with Crippen LogP contribution in [0.5, 0.6) is 5.75 Å². The third-order valence-electron chi connectivity index (χ3n) is 2.52. The van der Waals surface area contributed by atoms with Crippen LogP contribution in [0.25, 0.3) is 0 Å². The van der Waals surface area contributed by atoms with Crippen molar-refractivity contribution in [2.75, 3.05) is 11.9 Å². The van der Waals surface area contributed by atoms with Gasteiger partial charge in [-0.2, -0.15) is 0 Å². The van der Waals surface area contributed by atoms with Gasteiger partial charge in [-0.05, 0) is 24.1 Å². The fourth-order valence-corrected chi connectivity index (χ4v) is 1.59. The van der Waals surface area contributed by atoms with E-state index in [-0.39, 0.29) is 0 Å². The summed E-state index contributed by atoms with van der Waals surface area (Å²) in [5.41, 5.74) is 2.13. The summed E-state index contributed by atoms with van der Waals surface area (Å²) in [6.45, 7) is 5.74. The van der Waals surface area contributed by atoms with Gasteiger partial charge in [0.2, 0.25) is 0 Å². The van der Waals surface area contributed by atoms with Crippen LogP contribution in [-0.2, 0) is 6.54 Å². The van der Waals surface area contributed by atoms with Gasteiger partial charge in [0.05, 0.1) is 24.8 Å². The normalized spacial score (nSPS) is 10.6. The van der Waals surface area contributed by atoms with E-state index in [0.29, 0.717) is 5.92 Å². The van der Waals surface area contributed by atoms with Gasteiger partial charge in [-0.25, -0.2) is 0 Å². The number of ether oxygens (including phenoxy) is 1. The molecule has 0 atom stereocenters. The summed E-state index contributed by atoms with van der Waals surface area (Å²) in [5, 5.41) is 3.35. The van der Waals surface area contributed by atoms with Gasteiger partial charge in [-0.1, -0.05) is 26.0 Å². The summed E-state index contributed by atoms with van der Waals surface area (Å²) in [5.74, 6) is 1.42. The monoisotopic (exact) mass is 245 g/mol. The third-order valence-corrected chi connectivity index (χ3v) is 2.52. The molecular formula is C15H19NO2. The van der Waals surface area contributed by atoms with E-state index in [4.69, 9.17) is 9.15 Å². The molecule has 0 unspecified atom stereocenters. The maximum absolute atomic E-state index is 5.78. The molecule has 96 valence electrons. The van der Waals surface area contributed by atoms with E-state index < -0.39 is 0 Å². The molecular weight excluding hydrogens is 226 g/mol. The Kier molecular flexibility index (Phi) is 4.29. The molecule has 0 aliphatic carbocycles. The summed E-state index contributed by atoms with van der Waals surface area (Å²) >= 11 is 0. The zero-order valence-electron chi connectivity index (χ0n) is 10.8. The molecule has 1 aromatic heterocycles. The Bertz CT molecular complexity index is 463. The molecule has 0 radical (unpaired) electrons. The average molecular weight is 245 g/mol. The Hall–Kier alpha value is -1.90. The van der Waals surface area contributed by atoms with Crippen molar-refractivity contribution in [2.24, 2.45) is 5.92 Å². The van der Waals surface area contributed by atoms with Crippen molar-refractivity contribution in [3.05, 3.63) is 48.4 Å². The quantitative estimate of drug-likeness (QED) is 0.837. The van der Waals surface area contributed by atoms with Gasteiger partial charge < -0.3 is 14.5 Å². The minimum absolute atomic E-state index is 0.520. The maximum Gasteiger partial charge on any atom is 0.142 e. The first-order valence-electron chi connectivity index (χ1n) is 6.22. The second-order valence-electron chi connectivity index (χ2n) is 4.69. The van der Waals surface area contributed by atoms with Crippen molar-refractivity contribution in [1.29, 1.82) is 0 Å². The molecule has 18 heavy (non-hydrogen) atoms. The first-order chi connectivity index (χ1) is 8.75. The van der Waals surface area contributed by atoms with Crippen molar-refractivity contribution in [1.82, 2.24) is 0 Å². The molecule has 0 amide bonds. The van der Waals surface area contributed by atoms with Crippen LogP contribution >= 0.6 is 0 Å². The van der Waals surface area contributed by atoms with Crippen LogP contribution in [-0.4, -0.2) is 6.61 Å². The zero-order valence-corrected chi connectivity index (χ0v) is 10.8. The molecule has 0 saturated heterocycles. The van der Waals surface area contributed by atoms with Gasteiger partial charge in [0, 0.05) is 12.1 Å². The highest BCUT2D eigenvalue weighted by Gasteiger charge is 2.04. The lowest BCUT2D eigenvalue weighted by Gasteiger charge is -2.14. The largest absolute Gasteiger partial charge is 0.491 e. The van der Waals surface area contributed by atoms with Crippen LogP contribution in [0, 0.1) is 5.92 Å². The summed E-state index contributed by atoms with van der Waals surface area (Å²) in [6.07, 6.45) is 3.42. The van der Waals surface area contributed by atoms with E-state index in [9.17, 15) is 0 Å². The molecule has 0 spiro atoms. The van der Waals surface area contributed by atoms with E-state index in [1.165, 1.54) is 0 Å². The smallest absolute Gasteiger partial charge is 0.142 e. The summed E-state index contributed by atoms with van der Waals surface area (Å²) in [4.78, 5) is 0. The van der Waals surface area contributed by atoms with Gasteiger partial charge >= 0.3 is 0 Å². The lowest BCUT2D eigenvalue weighted by atomic mass is 10.2. The number of para-hydroxylation sites is 2. The van der Waals surface area contributed by atoms with Crippen LogP contribution in [0.3, 0.4) is 0 Å². The number of hydrogen-bond acceptors (Lipinski definition) is 3. The van der Waals surface area contributed by atoms with E-state index >= 15 is 0 Å². The molecule has 3 heteroatoms. The van der Waals surface area contributed by atoms with Crippen molar-refractivity contribution in [2.45, 2.75) is 20.4 Å². The van der Waals surface area contributed by atoms with E-state index in [2.05, 4.69) is 19.2 Å². The predicted molar refractivity (Wildman–Crippen MR) is 72.8 cm³/mol. The second-order valence-corrected chi connectivity index (χ2v) is 4.69. The van der Waals surface area contributed by atoms with Gasteiger partial charge in [-0.3, -0.25) is 0 Å². The lowest BCUT2D eigenvalue weighted by molar-refractivity contribution is 0.272. The molecule has 1 aromatic carbocycles. The maximum atomic E-state index is 5.78. The van der Waals surface area contributed by atoms with E-state index in [1.54, 1.807) is 12.5 Å². The highest BCUT2D eigenvalue weighted by Crippen LogP contribution is 2.24. The SMILES string of the molecule is CC(C)COc1ccccc1NCc1ccoc1. The molecule has 2 rings (SSSR count). The summed E-state index contributed by atoms with van der Waals surface area (Å²) in [7, 11) is 0. The number of furan rings is 1. The molecule has 1 heterocycles. The standard InChI is InChI=1S/C15H19NO2/c1-12(2)10-18-15-6-4-3-5-14(15)16-9-13-7-8-17-11-13/h3-8,11-12,16H,9-10H2,1-2H3. The number of nitrogens with one attached hydrogen (secondary N) is 1. The third kappa shape index (κ3) is 3.55. The zero-order chi connectivity index (χ0) is 12.8. The fourth-order valence-electron chi connectivity index (χ4n) is 1.59. The van der Waals surface area contributed by atoms with Crippen molar-refractivity contribution >= 4 is 5.69 Å². The van der Waals surface area contributed by atoms with Crippen LogP contribution in [0.15, 0.2) is 47.3 Å². The Morgan fingerprint density at radius 1 is 1.22 bits per heavy atom. The first kappa shape index (κ1) is 12.6. The van der Waals surface area contributed by atoms with Crippen LogP contribution in [0.2, 0.25) is 0 Å². The second kappa shape index (κ2) is 6.15. The molecule has 2 aromatic rings. The van der Waals surface area contributed by atoms with Gasteiger partial charge in [0.1, 0.15) is 5.75 Å². The topological polar surface area (TPSA) is 34.4 Å². The summed E-state index contributed by atoms with van der Waals surface area (Å²) < 4.78 is 10.8. The Balaban J connectivity index is 1.98. The Labute approximate surface area is 108 Å². The number of rotatable bonds is 6. The van der Waals surface area contributed by atoms with Crippen molar-refractivity contribution in [3.8, 4) is 5.75 Å². The highest BCUT2D eigenvalue weighted by atomic mass is 16.5. The lowest BCUT2D eigenvalue weighted by Crippen LogP contribution is -2.07. The molecule has 0 bridgehead atoms. The van der Waals surface area contributed by atoms with Crippen LogP contribution in [0.1, 0.15) is 19.4 Å². The Morgan fingerprint density at radius 3 is 2.78 bits per heavy atom. The van der Waals surface area contributed by atoms with Crippen LogP contribution in [0.4, 0.5) is 5.69 Å². The highest BCUT2D eigenvalue weighted by molar-refractivity contribution is 5.56. The average Bonchev–Trinajstić information content (AvgIpc) is 2.88. The van der Waals surface area contributed by atoms with E-state index in [1.807, 2.05) is 30.3 Å². The van der Waals surface area contributed by atoms with Gasteiger partial charge in [-0.15, -0.1) is 0 Å². The molecule has 3 nitrogen and oxygen atoms in total. The molecule has 0 saturated carbocycles. The Morgan fingerprint density at radius 2 is 2.06 bits per heavy atom. The molecule has 0 aliphatic rings. The molecule has 0 aliphatic heterocycles. The molecule has 1 N–H and O–H groups in total.